The first-order chi connectivity index (χ1) is 16.2. The van der Waals surface area contributed by atoms with E-state index in [-0.39, 0.29) is 15.8 Å². The molecule has 2 aromatic rings. The van der Waals surface area contributed by atoms with Gasteiger partial charge in [0.25, 0.3) is 0 Å². The fourth-order valence-corrected chi connectivity index (χ4v) is 4.03. The summed E-state index contributed by atoms with van der Waals surface area (Å²) < 4.78 is 56.8. The van der Waals surface area contributed by atoms with Gasteiger partial charge < -0.3 is 24.4 Å². The van der Waals surface area contributed by atoms with Crippen LogP contribution >= 0.6 is 23.8 Å². The summed E-state index contributed by atoms with van der Waals surface area (Å²) in [6.45, 7) is 4.45. The number of hydrogen-bond acceptors (Lipinski definition) is 5. The fourth-order valence-electron chi connectivity index (χ4n) is 3.59. The molecule has 186 valence electrons. The van der Waals surface area contributed by atoms with Gasteiger partial charge in [0.1, 0.15) is 0 Å². The topological polar surface area (TPSA) is 46.2 Å². The standard InChI is InChI=1S/C23H27ClF3N3O3S/c1-31-20-6-3-16(13-21(20)32-2)15-30(8-7-29-9-11-33-12-10-29)22(34)28-19-5-4-17(24)14-18(19)23(25,26)27/h3-6,13-14H,7-12,15H2,1-2H3,(H,28,34). The number of benzene rings is 2. The van der Waals surface area contributed by atoms with Crippen molar-refractivity contribution in [2.75, 3.05) is 58.9 Å². The highest BCUT2D eigenvalue weighted by Gasteiger charge is 2.34. The van der Waals surface area contributed by atoms with Gasteiger partial charge in [0, 0.05) is 37.7 Å². The number of ether oxygens (including phenoxy) is 3. The molecule has 0 aromatic heterocycles. The van der Waals surface area contributed by atoms with Crippen LogP contribution in [0, 0.1) is 0 Å². The molecule has 0 spiro atoms. The number of thiocarbonyl (C=S) groups is 1. The monoisotopic (exact) mass is 517 g/mol. The van der Waals surface area contributed by atoms with E-state index in [0.717, 1.165) is 24.7 Å². The lowest BCUT2D eigenvalue weighted by atomic mass is 10.1. The lowest BCUT2D eigenvalue weighted by Crippen LogP contribution is -2.44. The number of hydrogen-bond donors (Lipinski definition) is 1. The molecule has 1 N–H and O–H groups in total. The van der Waals surface area contributed by atoms with Crippen LogP contribution in [-0.4, -0.2) is 68.5 Å². The average Bonchev–Trinajstić information content (AvgIpc) is 2.82. The van der Waals surface area contributed by atoms with E-state index in [1.165, 1.54) is 12.1 Å². The number of alkyl halides is 3. The van der Waals surface area contributed by atoms with E-state index in [1.807, 2.05) is 17.0 Å². The molecule has 0 aliphatic carbocycles. The number of rotatable bonds is 8. The van der Waals surface area contributed by atoms with E-state index >= 15 is 0 Å². The van der Waals surface area contributed by atoms with Crippen molar-refractivity contribution in [3.8, 4) is 11.5 Å². The molecule has 34 heavy (non-hydrogen) atoms. The Labute approximate surface area is 207 Å². The third-order valence-corrected chi connectivity index (χ3v) is 6.02. The van der Waals surface area contributed by atoms with Gasteiger partial charge >= 0.3 is 6.18 Å². The van der Waals surface area contributed by atoms with Crippen LogP contribution in [0.3, 0.4) is 0 Å². The van der Waals surface area contributed by atoms with Crippen molar-refractivity contribution in [3.05, 3.63) is 52.5 Å². The molecule has 3 rings (SSSR count). The molecule has 1 heterocycles. The molecule has 1 saturated heterocycles. The number of halogens is 4. The molecule has 0 bridgehead atoms. The van der Waals surface area contributed by atoms with Crippen LogP contribution in [0.4, 0.5) is 18.9 Å². The van der Waals surface area contributed by atoms with Gasteiger partial charge in [-0.25, -0.2) is 0 Å². The van der Waals surface area contributed by atoms with E-state index in [0.29, 0.717) is 44.3 Å². The van der Waals surface area contributed by atoms with Crippen LogP contribution < -0.4 is 14.8 Å². The lowest BCUT2D eigenvalue weighted by Gasteiger charge is -2.32. The van der Waals surface area contributed by atoms with Gasteiger partial charge in [0.05, 0.1) is 38.7 Å². The Morgan fingerprint density at radius 3 is 2.47 bits per heavy atom. The Kier molecular flexibility index (Phi) is 9.24. The zero-order valence-corrected chi connectivity index (χ0v) is 20.5. The predicted octanol–water partition coefficient (Wildman–Crippen LogP) is 4.91. The molecule has 6 nitrogen and oxygen atoms in total. The van der Waals surface area contributed by atoms with Gasteiger partial charge in [-0.3, -0.25) is 4.90 Å². The first-order valence-electron chi connectivity index (χ1n) is 10.6. The van der Waals surface area contributed by atoms with Crippen LogP contribution in [0.25, 0.3) is 0 Å². The molecule has 0 radical (unpaired) electrons. The van der Waals surface area contributed by atoms with Crippen LogP contribution in [0.15, 0.2) is 36.4 Å². The van der Waals surface area contributed by atoms with Crippen molar-refractivity contribution < 1.29 is 27.4 Å². The van der Waals surface area contributed by atoms with Gasteiger partial charge in [-0.15, -0.1) is 0 Å². The number of morpholine rings is 1. The molecular weight excluding hydrogens is 491 g/mol. The van der Waals surface area contributed by atoms with Crippen molar-refractivity contribution in [1.82, 2.24) is 9.80 Å². The maximum absolute atomic E-state index is 13.6. The zero-order valence-electron chi connectivity index (χ0n) is 19.0. The summed E-state index contributed by atoms with van der Waals surface area (Å²) in [5, 5.41) is 2.96. The predicted molar refractivity (Wildman–Crippen MR) is 130 cm³/mol. The largest absolute Gasteiger partial charge is 0.493 e. The van der Waals surface area contributed by atoms with Gasteiger partial charge in [0.2, 0.25) is 0 Å². The summed E-state index contributed by atoms with van der Waals surface area (Å²) in [4.78, 5) is 4.07. The minimum atomic E-state index is -4.58. The van der Waals surface area contributed by atoms with Gasteiger partial charge in [-0.2, -0.15) is 13.2 Å². The van der Waals surface area contributed by atoms with Crippen molar-refractivity contribution >= 4 is 34.6 Å². The first kappa shape index (κ1) is 26.3. The second kappa shape index (κ2) is 11.9. The first-order valence-corrected chi connectivity index (χ1v) is 11.4. The molecule has 2 aromatic carbocycles. The van der Waals surface area contributed by atoms with E-state index in [9.17, 15) is 13.2 Å². The number of methoxy groups -OCH3 is 2. The maximum atomic E-state index is 13.6. The Balaban J connectivity index is 1.82. The third-order valence-electron chi connectivity index (χ3n) is 5.43. The molecule has 0 saturated carbocycles. The van der Waals surface area contributed by atoms with Crippen molar-refractivity contribution in [1.29, 1.82) is 0 Å². The number of nitrogens with one attached hydrogen (secondary N) is 1. The molecule has 1 aliphatic heterocycles. The minimum Gasteiger partial charge on any atom is -0.493 e. The van der Waals surface area contributed by atoms with Gasteiger partial charge in [-0.05, 0) is 48.1 Å². The Morgan fingerprint density at radius 2 is 1.82 bits per heavy atom. The Hall–Kier alpha value is -2.27. The van der Waals surface area contributed by atoms with Gasteiger partial charge in [0.15, 0.2) is 16.6 Å². The molecule has 11 heteroatoms. The number of nitrogens with zero attached hydrogens (tertiary/aromatic N) is 2. The summed E-state index contributed by atoms with van der Waals surface area (Å²) in [5.74, 6) is 1.15. The molecular formula is C23H27ClF3N3O3S. The quantitative estimate of drug-likeness (QED) is 0.499. The summed E-state index contributed by atoms with van der Waals surface area (Å²) in [5.41, 5.74) is -0.150. The van der Waals surface area contributed by atoms with Gasteiger partial charge in [-0.1, -0.05) is 17.7 Å². The highest BCUT2D eigenvalue weighted by molar-refractivity contribution is 7.80. The molecule has 1 aliphatic rings. The van der Waals surface area contributed by atoms with E-state index in [4.69, 9.17) is 38.0 Å². The Morgan fingerprint density at radius 1 is 1.12 bits per heavy atom. The van der Waals surface area contributed by atoms with Crippen LogP contribution in [-0.2, 0) is 17.5 Å². The average molecular weight is 518 g/mol. The molecule has 0 atom stereocenters. The highest BCUT2D eigenvalue weighted by atomic mass is 35.5. The molecule has 0 unspecified atom stereocenters. The minimum absolute atomic E-state index is 0.00158. The van der Waals surface area contributed by atoms with Crippen molar-refractivity contribution in [2.45, 2.75) is 12.7 Å². The van der Waals surface area contributed by atoms with Crippen LogP contribution in [0.2, 0.25) is 5.02 Å². The zero-order chi connectivity index (χ0) is 24.7. The second-order valence-electron chi connectivity index (χ2n) is 7.68. The summed E-state index contributed by atoms with van der Waals surface area (Å²) >= 11 is 11.4. The van der Waals surface area contributed by atoms with E-state index in [1.54, 1.807) is 20.3 Å². The molecule has 1 fully saturated rings. The summed E-state index contributed by atoms with van der Waals surface area (Å²) in [6.07, 6.45) is -4.58. The Bertz CT molecular complexity index is 988. The lowest BCUT2D eigenvalue weighted by molar-refractivity contribution is -0.136. The van der Waals surface area contributed by atoms with Crippen LogP contribution in [0.5, 0.6) is 11.5 Å². The smallest absolute Gasteiger partial charge is 0.418 e. The van der Waals surface area contributed by atoms with E-state index < -0.39 is 11.7 Å². The second-order valence-corrected chi connectivity index (χ2v) is 8.51. The molecule has 0 amide bonds. The normalized spacial score (nSPS) is 14.5. The maximum Gasteiger partial charge on any atom is 0.418 e. The third kappa shape index (κ3) is 7.11. The number of anilines is 1. The highest BCUT2D eigenvalue weighted by Crippen LogP contribution is 2.36. The van der Waals surface area contributed by atoms with E-state index in [2.05, 4.69) is 10.2 Å². The van der Waals surface area contributed by atoms with Crippen molar-refractivity contribution in [2.24, 2.45) is 0 Å². The SMILES string of the molecule is COc1ccc(CN(CCN2CCOCC2)C(=S)Nc2ccc(Cl)cc2C(F)(F)F)cc1OC. The van der Waals surface area contributed by atoms with Crippen LogP contribution in [0.1, 0.15) is 11.1 Å². The summed E-state index contributed by atoms with van der Waals surface area (Å²) in [6, 6.07) is 9.05. The fraction of sp³-hybridized carbons (Fsp3) is 0.435. The summed E-state index contributed by atoms with van der Waals surface area (Å²) in [7, 11) is 3.10. The van der Waals surface area contributed by atoms with Crippen molar-refractivity contribution in [3.63, 3.8) is 0 Å².